The summed E-state index contributed by atoms with van der Waals surface area (Å²) < 4.78 is 9.72. The third-order valence-corrected chi connectivity index (χ3v) is 3.95. The largest absolute Gasteiger partial charge is 0.458 e. The normalized spacial score (nSPS) is 10.2. The molecule has 0 aliphatic carbocycles. The lowest BCUT2D eigenvalue weighted by Crippen LogP contribution is -2.14. The van der Waals surface area contributed by atoms with Crippen molar-refractivity contribution in [3.8, 4) is 0 Å². The number of carbonyl (C=O) groups excluding carboxylic acids is 2. The number of ether oxygens (including phenoxy) is 2. The Morgan fingerprint density at radius 2 is 1.14 bits per heavy atom. The lowest BCUT2D eigenvalue weighted by atomic mass is 10.2. The summed E-state index contributed by atoms with van der Waals surface area (Å²) >= 11 is 11.3. The maximum atomic E-state index is 11.9. The zero-order chi connectivity index (χ0) is 20.8. The molecule has 146 valence electrons. The third kappa shape index (κ3) is 5.15. The monoisotopic (exact) mass is 428 g/mol. The van der Waals surface area contributed by atoms with Crippen molar-refractivity contribution in [2.75, 3.05) is 13.2 Å². The van der Waals surface area contributed by atoms with Gasteiger partial charge in [-0.05, 0) is 24.3 Å². The van der Waals surface area contributed by atoms with E-state index in [1.807, 2.05) is 0 Å². The fraction of sp³-hybridized carbons (Fsp3) is 0.125. The minimum absolute atomic E-state index is 0.101. The van der Waals surface area contributed by atoms with Crippen molar-refractivity contribution in [1.29, 1.82) is 0 Å². The summed E-state index contributed by atoms with van der Waals surface area (Å²) in [7, 11) is 0. The molecular formula is C16H10Cl2N2O8. The lowest BCUT2D eigenvalue weighted by molar-refractivity contribution is -0.384. The Morgan fingerprint density at radius 3 is 1.46 bits per heavy atom. The summed E-state index contributed by atoms with van der Waals surface area (Å²) in [5, 5.41) is 21.4. The minimum atomic E-state index is -0.877. The Labute approximate surface area is 166 Å². The Hall–Kier alpha value is -3.24. The summed E-state index contributed by atoms with van der Waals surface area (Å²) in [6, 6.07) is 6.79. The van der Waals surface area contributed by atoms with E-state index in [9.17, 15) is 29.8 Å². The molecular weight excluding hydrogens is 419 g/mol. The highest BCUT2D eigenvalue weighted by atomic mass is 35.5. The van der Waals surface area contributed by atoms with Crippen LogP contribution in [0.2, 0.25) is 10.0 Å². The van der Waals surface area contributed by atoms with E-state index in [0.29, 0.717) is 0 Å². The smallest absolute Gasteiger partial charge is 0.338 e. The van der Waals surface area contributed by atoms with Gasteiger partial charge in [-0.15, -0.1) is 0 Å². The van der Waals surface area contributed by atoms with Crippen LogP contribution in [0.25, 0.3) is 0 Å². The SMILES string of the molecule is O=C(OCCOC(=O)c1ccc(Cl)c([N+](=O)[O-])c1)c1ccc(Cl)c([N+](=O)[O-])c1. The molecule has 0 N–H and O–H groups in total. The van der Waals surface area contributed by atoms with E-state index in [1.54, 1.807) is 0 Å². The molecule has 0 heterocycles. The van der Waals surface area contributed by atoms with Gasteiger partial charge in [0, 0.05) is 12.1 Å². The highest BCUT2D eigenvalue weighted by Gasteiger charge is 2.19. The van der Waals surface area contributed by atoms with E-state index in [0.717, 1.165) is 12.1 Å². The standard InChI is InChI=1S/C16H10Cl2N2O8/c17-11-3-1-9(7-13(11)19(23)24)15(21)27-5-6-28-16(22)10-2-4-12(18)14(8-10)20(25)26/h1-4,7-8H,5-6H2. The van der Waals surface area contributed by atoms with E-state index in [2.05, 4.69) is 0 Å². The summed E-state index contributed by atoms with van der Waals surface area (Å²) in [5.74, 6) is -1.75. The molecule has 0 aliphatic heterocycles. The summed E-state index contributed by atoms with van der Waals surface area (Å²) in [4.78, 5) is 43.9. The van der Waals surface area contributed by atoms with Crippen molar-refractivity contribution < 1.29 is 28.9 Å². The van der Waals surface area contributed by atoms with E-state index in [1.165, 1.54) is 24.3 Å². The molecule has 0 unspecified atom stereocenters. The Balaban J connectivity index is 1.90. The van der Waals surface area contributed by atoms with Gasteiger partial charge in [0.05, 0.1) is 21.0 Å². The molecule has 0 bridgehead atoms. The van der Waals surface area contributed by atoms with Crippen molar-refractivity contribution in [3.63, 3.8) is 0 Å². The number of hydrogen-bond donors (Lipinski definition) is 0. The Bertz CT molecular complexity index is 886. The van der Waals surface area contributed by atoms with Crippen LogP contribution in [-0.2, 0) is 9.47 Å². The van der Waals surface area contributed by atoms with Crippen LogP contribution in [0, 0.1) is 20.2 Å². The van der Waals surface area contributed by atoms with Crippen molar-refractivity contribution >= 4 is 46.5 Å². The molecule has 0 amide bonds. The fourth-order valence-corrected chi connectivity index (χ4v) is 2.37. The maximum Gasteiger partial charge on any atom is 0.338 e. The molecule has 28 heavy (non-hydrogen) atoms. The lowest BCUT2D eigenvalue weighted by Gasteiger charge is -2.07. The van der Waals surface area contributed by atoms with Crippen molar-refractivity contribution in [3.05, 3.63) is 77.8 Å². The topological polar surface area (TPSA) is 139 Å². The maximum absolute atomic E-state index is 11.9. The second-order valence-corrected chi connectivity index (χ2v) is 5.93. The van der Waals surface area contributed by atoms with Gasteiger partial charge in [0.15, 0.2) is 0 Å². The van der Waals surface area contributed by atoms with Gasteiger partial charge in [-0.1, -0.05) is 23.2 Å². The van der Waals surface area contributed by atoms with Crippen molar-refractivity contribution in [2.24, 2.45) is 0 Å². The highest BCUT2D eigenvalue weighted by molar-refractivity contribution is 6.33. The molecule has 2 aromatic carbocycles. The van der Waals surface area contributed by atoms with Crippen LogP contribution in [0.1, 0.15) is 20.7 Å². The summed E-state index contributed by atoms with van der Waals surface area (Å²) in [6.07, 6.45) is 0. The number of carbonyl (C=O) groups is 2. The molecule has 2 rings (SSSR count). The number of esters is 2. The van der Waals surface area contributed by atoms with Gasteiger partial charge in [-0.2, -0.15) is 0 Å². The molecule has 10 nitrogen and oxygen atoms in total. The van der Waals surface area contributed by atoms with Crippen molar-refractivity contribution in [1.82, 2.24) is 0 Å². The second kappa shape index (κ2) is 9.11. The number of nitro groups is 2. The van der Waals surface area contributed by atoms with Gasteiger partial charge in [-0.25, -0.2) is 9.59 Å². The van der Waals surface area contributed by atoms with Crippen LogP contribution in [0.3, 0.4) is 0 Å². The fourth-order valence-electron chi connectivity index (χ4n) is 1.99. The van der Waals surface area contributed by atoms with Gasteiger partial charge >= 0.3 is 11.9 Å². The molecule has 0 fully saturated rings. The van der Waals surface area contributed by atoms with E-state index >= 15 is 0 Å². The average molecular weight is 429 g/mol. The average Bonchev–Trinajstić information content (AvgIpc) is 2.65. The number of hydrogen-bond acceptors (Lipinski definition) is 8. The van der Waals surface area contributed by atoms with Crippen LogP contribution in [0.15, 0.2) is 36.4 Å². The molecule has 0 atom stereocenters. The third-order valence-electron chi connectivity index (χ3n) is 3.31. The van der Waals surface area contributed by atoms with Gasteiger partial charge < -0.3 is 9.47 Å². The van der Waals surface area contributed by atoms with Gasteiger partial charge in [0.2, 0.25) is 0 Å². The van der Waals surface area contributed by atoms with Crippen LogP contribution < -0.4 is 0 Å². The first kappa shape index (κ1) is 21.1. The van der Waals surface area contributed by atoms with E-state index < -0.39 is 33.2 Å². The molecule has 0 saturated heterocycles. The first-order valence-corrected chi connectivity index (χ1v) is 8.18. The number of nitrogens with zero attached hydrogens (tertiary/aromatic N) is 2. The molecule has 0 spiro atoms. The molecule has 0 radical (unpaired) electrons. The quantitative estimate of drug-likeness (QED) is 0.280. The number of nitro benzene ring substituents is 2. The first-order chi connectivity index (χ1) is 13.2. The van der Waals surface area contributed by atoms with E-state index in [-0.39, 0.29) is 34.4 Å². The zero-order valence-corrected chi connectivity index (χ0v) is 15.3. The Kier molecular flexibility index (Phi) is 6.85. The molecule has 0 saturated carbocycles. The van der Waals surface area contributed by atoms with Crippen molar-refractivity contribution in [2.45, 2.75) is 0 Å². The molecule has 2 aromatic rings. The Morgan fingerprint density at radius 1 is 0.786 bits per heavy atom. The second-order valence-electron chi connectivity index (χ2n) is 5.12. The molecule has 12 heteroatoms. The predicted octanol–water partition coefficient (Wildman–Crippen LogP) is 3.82. The first-order valence-electron chi connectivity index (χ1n) is 7.43. The van der Waals surface area contributed by atoms with Gasteiger partial charge in [0.25, 0.3) is 11.4 Å². The number of rotatable bonds is 7. The molecule has 0 aromatic heterocycles. The number of benzene rings is 2. The van der Waals surface area contributed by atoms with Crippen LogP contribution >= 0.6 is 23.2 Å². The van der Waals surface area contributed by atoms with Gasteiger partial charge in [-0.3, -0.25) is 20.2 Å². The number of halogens is 2. The minimum Gasteiger partial charge on any atom is -0.458 e. The van der Waals surface area contributed by atoms with E-state index in [4.69, 9.17) is 32.7 Å². The van der Waals surface area contributed by atoms with Crippen LogP contribution in [-0.4, -0.2) is 35.0 Å². The molecule has 0 aliphatic rings. The summed E-state index contributed by atoms with van der Waals surface area (Å²) in [5.41, 5.74) is -1.11. The highest BCUT2D eigenvalue weighted by Crippen LogP contribution is 2.26. The zero-order valence-electron chi connectivity index (χ0n) is 13.8. The van der Waals surface area contributed by atoms with Gasteiger partial charge in [0.1, 0.15) is 23.3 Å². The van der Waals surface area contributed by atoms with Crippen LogP contribution in [0.5, 0.6) is 0 Å². The predicted molar refractivity (Wildman–Crippen MR) is 96.8 cm³/mol. The van der Waals surface area contributed by atoms with Crippen LogP contribution in [0.4, 0.5) is 11.4 Å². The summed E-state index contributed by atoms with van der Waals surface area (Å²) in [6.45, 7) is -0.673.